The Kier molecular flexibility index (Phi) is 5.75. The van der Waals surface area contributed by atoms with Crippen LogP contribution in [0, 0.1) is 0 Å². The van der Waals surface area contributed by atoms with Crippen molar-refractivity contribution >= 4 is 6.03 Å². The number of carbonyl (C=O) groups excluding carboxylic acids is 1. The maximum absolute atomic E-state index is 12.2. The Hall–Kier alpha value is -0.770. The van der Waals surface area contributed by atoms with Crippen LogP contribution in [0.15, 0.2) is 0 Å². The Morgan fingerprint density at radius 2 is 1.94 bits per heavy atom. The van der Waals surface area contributed by atoms with E-state index in [9.17, 15) is 4.79 Å². The van der Waals surface area contributed by atoms with Crippen molar-refractivity contribution in [3.63, 3.8) is 0 Å². The fraction of sp³-hybridized carbons (Fsp3) is 0.923. The molecule has 0 bridgehead atoms. The van der Waals surface area contributed by atoms with Crippen LogP contribution < -0.4 is 11.1 Å². The van der Waals surface area contributed by atoms with E-state index in [2.05, 4.69) is 12.2 Å². The quantitative estimate of drug-likeness (QED) is 0.774. The van der Waals surface area contributed by atoms with E-state index >= 15 is 0 Å². The summed E-state index contributed by atoms with van der Waals surface area (Å²) in [5.41, 5.74) is 5.87. The van der Waals surface area contributed by atoms with Gasteiger partial charge in [0.1, 0.15) is 0 Å². The number of nitrogens with zero attached hydrogens (tertiary/aromatic N) is 1. The van der Waals surface area contributed by atoms with Crippen LogP contribution in [0.25, 0.3) is 0 Å². The van der Waals surface area contributed by atoms with E-state index in [1.165, 1.54) is 19.3 Å². The second-order valence-corrected chi connectivity index (χ2v) is 4.97. The zero-order valence-electron chi connectivity index (χ0n) is 11.3. The molecule has 100 valence electrons. The SMILES string of the molecule is CCCNC(=O)N(CC)C1(CN)CCCCC1. The molecule has 4 nitrogen and oxygen atoms in total. The van der Waals surface area contributed by atoms with E-state index in [-0.39, 0.29) is 11.6 Å². The molecule has 2 amide bonds. The first-order valence-electron chi connectivity index (χ1n) is 6.95. The van der Waals surface area contributed by atoms with E-state index in [4.69, 9.17) is 5.73 Å². The van der Waals surface area contributed by atoms with Crippen molar-refractivity contribution in [1.29, 1.82) is 0 Å². The minimum Gasteiger partial charge on any atom is -0.338 e. The minimum atomic E-state index is -0.0924. The van der Waals surface area contributed by atoms with Crippen LogP contribution in [0.2, 0.25) is 0 Å². The summed E-state index contributed by atoms with van der Waals surface area (Å²) in [6.07, 6.45) is 6.73. The van der Waals surface area contributed by atoms with Gasteiger partial charge in [-0.1, -0.05) is 26.2 Å². The van der Waals surface area contributed by atoms with E-state index < -0.39 is 0 Å². The average Bonchev–Trinajstić information content (AvgIpc) is 2.38. The van der Waals surface area contributed by atoms with Crippen molar-refractivity contribution in [3.05, 3.63) is 0 Å². The summed E-state index contributed by atoms with van der Waals surface area (Å²) >= 11 is 0. The zero-order chi connectivity index (χ0) is 12.7. The number of nitrogens with two attached hydrogens (primary N) is 1. The highest BCUT2D eigenvalue weighted by molar-refractivity contribution is 5.75. The summed E-state index contributed by atoms with van der Waals surface area (Å²) in [5.74, 6) is 0. The molecule has 0 atom stereocenters. The number of nitrogens with one attached hydrogen (secondary N) is 1. The fourth-order valence-electron chi connectivity index (χ4n) is 2.82. The Balaban J connectivity index is 2.71. The van der Waals surface area contributed by atoms with Gasteiger partial charge in [-0.05, 0) is 26.2 Å². The smallest absolute Gasteiger partial charge is 0.317 e. The van der Waals surface area contributed by atoms with Gasteiger partial charge in [-0.15, -0.1) is 0 Å². The first-order chi connectivity index (χ1) is 8.20. The van der Waals surface area contributed by atoms with Gasteiger partial charge in [0, 0.05) is 19.6 Å². The maximum Gasteiger partial charge on any atom is 0.317 e. The van der Waals surface area contributed by atoms with Crippen molar-refractivity contribution in [1.82, 2.24) is 10.2 Å². The second kappa shape index (κ2) is 6.84. The van der Waals surface area contributed by atoms with Gasteiger partial charge in [0.2, 0.25) is 0 Å². The summed E-state index contributed by atoms with van der Waals surface area (Å²) in [4.78, 5) is 14.1. The monoisotopic (exact) mass is 241 g/mol. The predicted octanol–water partition coefficient (Wildman–Crippen LogP) is 2.09. The molecule has 0 spiro atoms. The van der Waals surface area contributed by atoms with E-state index in [0.29, 0.717) is 6.54 Å². The minimum absolute atomic E-state index is 0.0571. The molecule has 1 fully saturated rings. The van der Waals surface area contributed by atoms with Gasteiger partial charge in [-0.3, -0.25) is 0 Å². The van der Waals surface area contributed by atoms with Gasteiger partial charge in [-0.25, -0.2) is 4.79 Å². The molecular weight excluding hydrogens is 214 g/mol. The third-order valence-electron chi connectivity index (χ3n) is 3.82. The molecule has 17 heavy (non-hydrogen) atoms. The van der Waals surface area contributed by atoms with Crippen LogP contribution in [-0.2, 0) is 0 Å². The number of amides is 2. The van der Waals surface area contributed by atoms with Crippen LogP contribution in [0.5, 0.6) is 0 Å². The summed E-state index contributed by atoms with van der Waals surface area (Å²) in [5, 5.41) is 2.97. The molecule has 0 heterocycles. The summed E-state index contributed by atoms with van der Waals surface area (Å²) in [6.45, 7) is 6.18. The van der Waals surface area contributed by atoms with Crippen LogP contribution >= 0.6 is 0 Å². The van der Waals surface area contributed by atoms with E-state index in [0.717, 1.165) is 32.4 Å². The fourth-order valence-corrected chi connectivity index (χ4v) is 2.82. The van der Waals surface area contributed by atoms with Gasteiger partial charge in [-0.2, -0.15) is 0 Å². The van der Waals surface area contributed by atoms with Crippen LogP contribution in [0.4, 0.5) is 4.79 Å². The molecule has 1 aliphatic rings. The molecule has 0 aromatic carbocycles. The third kappa shape index (κ3) is 3.35. The molecule has 0 unspecified atom stereocenters. The molecule has 0 aromatic heterocycles. The predicted molar refractivity (Wildman–Crippen MR) is 70.9 cm³/mol. The normalized spacial score (nSPS) is 18.8. The van der Waals surface area contributed by atoms with Crippen LogP contribution in [-0.4, -0.2) is 36.1 Å². The number of likely N-dealkylation sites (N-methyl/N-ethyl adjacent to an activating group) is 1. The Morgan fingerprint density at radius 3 is 2.41 bits per heavy atom. The van der Waals surface area contributed by atoms with Gasteiger partial charge in [0.15, 0.2) is 0 Å². The van der Waals surface area contributed by atoms with Crippen molar-refractivity contribution in [2.24, 2.45) is 5.73 Å². The number of carbonyl (C=O) groups is 1. The second-order valence-electron chi connectivity index (χ2n) is 4.97. The summed E-state index contributed by atoms with van der Waals surface area (Å²) in [6, 6.07) is 0.0571. The lowest BCUT2D eigenvalue weighted by Crippen LogP contribution is -2.59. The Bertz CT molecular complexity index is 237. The first kappa shape index (κ1) is 14.3. The molecule has 1 aliphatic carbocycles. The maximum atomic E-state index is 12.2. The molecule has 1 saturated carbocycles. The molecule has 0 radical (unpaired) electrons. The molecule has 1 rings (SSSR count). The number of hydrogen-bond acceptors (Lipinski definition) is 2. The van der Waals surface area contributed by atoms with Gasteiger partial charge < -0.3 is 16.0 Å². The average molecular weight is 241 g/mol. The highest BCUT2D eigenvalue weighted by Gasteiger charge is 2.38. The Labute approximate surface area is 105 Å². The zero-order valence-corrected chi connectivity index (χ0v) is 11.3. The van der Waals surface area contributed by atoms with E-state index in [1.54, 1.807) is 0 Å². The largest absolute Gasteiger partial charge is 0.338 e. The standard InChI is InChI=1S/C13H27N3O/c1-3-10-15-12(17)16(4-2)13(11-14)8-6-5-7-9-13/h3-11,14H2,1-2H3,(H,15,17). The lowest BCUT2D eigenvalue weighted by molar-refractivity contribution is 0.0877. The van der Waals surface area contributed by atoms with Gasteiger partial charge in [0.25, 0.3) is 0 Å². The first-order valence-corrected chi connectivity index (χ1v) is 6.95. The van der Waals surface area contributed by atoms with Crippen molar-refractivity contribution in [3.8, 4) is 0 Å². The number of hydrogen-bond donors (Lipinski definition) is 2. The highest BCUT2D eigenvalue weighted by atomic mass is 16.2. The number of rotatable bonds is 5. The lowest BCUT2D eigenvalue weighted by Gasteiger charge is -2.45. The summed E-state index contributed by atoms with van der Waals surface area (Å²) in [7, 11) is 0. The molecule has 4 heteroatoms. The van der Waals surface area contributed by atoms with Crippen molar-refractivity contribution < 1.29 is 4.79 Å². The molecule has 0 aliphatic heterocycles. The van der Waals surface area contributed by atoms with Crippen LogP contribution in [0.3, 0.4) is 0 Å². The third-order valence-corrected chi connectivity index (χ3v) is 3.82. The summed E-state index contributed by atoms with van der Waals surface area (Å²) < 4.78 is 0. The molecule has 0 saturated heterocycles. The molecule has 0 aromatic rings. The van der Waals surface area contributed by atoms with Crippen molar-refractivity contribution in [2.75, 3.05) is 19.6 Å². The van der Waals surface area contributed by atoms with Gasteiger partial charge in [0.05, 0.1) is 5.54 Å². The molecule has 3 N–H and O–H groups in total. The topological polar surface area (TPSA) is 58.4 Å². The van der Waals surface area contributed by atoms with E-state index in [1.807, 2.05) is 11.8 Å². The number of urea groups is 1. The molecular formula is C13H27N3O. The lowest BCUT2D eigenvalue weighted by atomic mass is 9.80. The highest BCUT2D eigenvalue weighted by Crippen LogP contribution is 2.32. The Morgan fingerprint density at radius 1 is 1.29 bits per heavy atom. The van der Waals surface area contributed by atoms with Crippen molar-refractivity contribution in [2.45, 2.75) is 57.9 Å². The van der Waals surface area contributed by atoms with Gasteiger partial charge >= 0.3 is 6.03 Å². The van der Waals surface area contributed by atoms with Crippen LogP contribution in [0.1, 0.15) is 52.4 Å².